The van der Waals surface area contributed by atoms with Crippen molar-refractivity contribution < 1.29 is 4.79 Å². The van der Waals surface area contributed by atoms with Crippen molar-refractivity contribution in [2.24, 2.45) is 0 Å². The lowest BCUT2D eigenvalue weighted by molar-refractivity contribution is -0.115. The van der Waals surface area contributed by atoms with E-state index >= 15 is 0 Å². The molecular formula is C11H11IN2O. The molecule has 15 heavy (non-hydrogen) atoms. The smallest absolute Gasteiger partial charge is 0.251 e. The number of halogens is 1. The highest BCUT2D eigenvalue weighted by Crippen LogP contribution is 2.33. The number of amides is 1. The number of carbonyl (C=O) groups is 1. The standard InChI is InChI=1S/C11H11IN2O/c12-10-6-4-5-13-11(15)7-2-1-3-8(14-10)9(6)7/h2,14H,1,3-5H2,(H,13,15). The summed E-state index contributed by atoms with van der Waals surface area (Å²) in [6.45, 7) is 0.746. The molecule has 2 N–H and O–H groups in total. The number of hydrogen-bond donors (Lipinski definition) is 2. The van der Waals surface area contributed by atoms with Gasteiger partial charge in [0.2, 0.25) is 0 Å². The molecule has 0 aromatic carbocycles. The molecular weight excluding hydrogens is 303 g/mol. The van der Waals surface area contributed by atoms with E-state index in [1.54, 1.807) is 0 Å². The van der Waals surface area contributed by atoms with Gasteiger partial charge in [-0.1, -0.05) is 6.08 Å². The largest absolute Gasteiger partial charge is 0.353 e. The van der Waals surface area contributed by atoms with Crippen molar-refractivity contribution >= 4 is 34.1 Å². The van der Waals surface area contributed by atoms with E-state index in [-0.39, 0.29) is 5.91 Å². The zero-order valence-corrected chi connectivity index (χ0v) is 10.3. The quantitative estimate of drug-likeness (QED) is 0.702. The van der Waals surface area contributed by atoms with E-state index in [2.05, 4.69) is 39.0 Å². The van der Waals surface area contributed by atoms with Gasteiger partial charge in [-0.3, -0.25) is 4.79 Å². The molecule has 1 amide bonds. The molecule has 2 heterocycles. The molecule has 0 spiro atoms. The summed E-state index contributed by atoms with van der Waals surface area (Å²) in [6.07, 6.45) is 5.00. The Morgan fingerprint density at radius 2 is 2.20 bits per heavy atom. The SMILES string of the molecule is O=C1NCCc2c(I)[nH]c3c2C1=CCC3. The van der Waals surface area contributed by atoms with Crippen molar-refractivity contribution in [2.45, 2.75) is 19.3 Å². The van der Waals surface area contributed by atoms with Gasteiger partial charge in [-0.2, -0.15) is 0 Å². The number of carbonyl (C=O) groups excluding carboxylic acids is 1. The van der Waals surface area contributed by atoms with Gasteiger partial charge in [0, 0.05) is 23.4 Å². The maximum Gasteiger partial charge on any atom is 0.251 e. The van der Waals surface area contributed by atoms with E-state index in [0.29, 0.717) is 0 Å². The monoisotopic (exact) mass is 314 g/mol. The van der Waals surface area contributed by atoms with Gasteiger partial charge in [-0.05, 0) is 47.4 Å². The Morgan fingerprint density at radius 1 is 1.33 bits per heavy atom. The number of nitrogens with one attached hydrogen (secondary N) is 2. The third-order valence-electron chi connectivity index (χ3n) is 3.05. The molecule has 0 saturated heterocycles. The van der Waals surface area contributed by atoms with Crippen LogP contribution in [-0.4, -0.2) is 17.4 Å². The Morgan fingerprint density at radius 3 is 3.07 bits per heavy atom. The lowest BCUT2D eigenvalue weighted by atomic mass is 9.93. The average molecular weight is 314 g/mol. The van der Waals surface area contributed by atoms with Crippen LogP contribution in [0.5, 0.6) is 0 Å². The van der Waals surface area contributed by atoms with E-state index in [1.165, 1.54) is 20.5 Å². The van der Waals surface area contributed by atoms with Crippen molar-refractivity contribution in [3.05, 3.63) is 26.6 Å². The van der Waals surface area contributed by atoms with Crippen molar-refractivity contribution in [1.29, 1.82) is 0 Å². The van der Waals surface area contributed by atoms with Crippen LogP contribution in [0.15, 0.2) is 6.08 Å². The summed E-state index contributed by atoms with van der Waals surface area (Å²) < 4.78 is 1.20. The van der Waals surface area contributed by atoms with Crippen LogP contribution in [0.4, 0.5) is 0 Å². The fourth-order valence-electron chi connectivity index (χ4n) is 2.38. The molecule has 1 aliphatic carbocycles. The van der Waals surface area contributed by atoms with Gasteiger partial charge < -0.3 is 10.3 Å². The Bertz CT molecular complexity index is 473. The number of H-pyrrole nitrogens is 1. The zero-order valence-electron chi connectivity index (χ0n) is 8.19. The van der Waals surface area contributed by atoms with Gasteiger partial charge in [0.25, 0.3) is 5.91 Å². The van der Waals surface area contributed by atoms with Gasteiger partial charge in [0.15, 0.2) is 0 Å². The number of hydrogen-bond acceptors (Lipinski definition) is 1. The van der Waals surface area contributed by atoms with Crippen molar-refractivity contribution in [2.75, 3.05) is 6.54 Å². The lowest BCUT2D eigenvalue weighted by Gasteiger charge is -2.11. The molecule has 0 bridgehead atoms. The van der Waals surface area contributed by atoms with Gasteiger partial charge >= 0.3 is 0 Å². The van der Waals surface area contributed by atoms with Crippen LogP contribution in [0.1, 0.15) is 23.2 Å². The number of aromatic nitrogens is 1. The minimum atomic E-state index is 0.0881. The molecule has 1 aliphatic heterocycles. The molecule has 1 aromatic heterocycles. The van der Waals surface area contributed by atoms with Gasteiger partial charge in [-0.15, -0.1) is 0 Å². The third kappa shape index (κ3) is 1.34. The number of aryl methyl sites for hydroxylation is 1. The maximum absolute atomic E-state index is 11.8. The molecule has 78 valence electrons. The fourth-order valence-corrected chi connectivity index (χ4v) is 3.24. The summed E-state index contributed by atoms with van der Waals surface area (Å²) in [4.78, 5) is 15.2. The Balaban J connectivity index is 2.27. The van der Waals surface area contributed by atoms with Crippen molar-refractivity contribution in [3.8, 4) is 0 Å². The molecule has 0 unspecified atom stereocenters. The van der Waals surface area contributed by atoms with Crippen LogP contribution >= 0.6 is 22.6 Å². The molecule has 0 fully saturated rings. The van der Waals surface area contributed by atoms with Crippen molar-refractivity contribution in [1.82, 2.24) is 10.3 Å². The average Bonchev–Trinajstić information content (AvgIpc) is 2.43. The summed E-state index contributed by atoms with van der Waals surface area (Å²) >= 11 is 2.33. The molecule has 1 aromatic rings. The summed E-state index contributed by atoms with van der Waals surface area (Å²) in [5.41, 5.74) is 4.61. The first kappa shape index (κ1) is 9.45. The number of aromatic amines is 1. The van der Waals surface area contributed by atoms with E-state index in [4.69, 9.17) is 0 Å². The minimum Gasteiger partial charge on any atom is -0.353 e. The van der Waals surface area contributed by atoms with Crippen LogP contribution in [0.2, 0.25) is 0 Å². The lowest BCUT2D eigenvalue weighted by Crippen LogP contribution is -2.24. The first-order valence-electron chi connectivity index (χ1n) is 5.15. The predicted octanol–water partition coefficient (Wildman–Crippen LogP) is 1.62. The van der Waals surface area contributed by atoms with Gasteiger partial charge in [0.05, 0.1) is 3.70 Å². The van der Waals surface area contributed by atoms with Gasteiger partial charge in [-0.25, -0.2) is 0 Å². The predicted molar refractivity (Wildman–Crippen MR) is 66.5 cm³/mol. The Hall–Kier alpha value is -0.780. The normalized spacial score (nSPS) is 19.0. The zero-order chi connectivity index (χ0) is 10.4. The molecule has 2 aliphatic rings. The summed E-state index contributed by atoms with van der Waals surface area (Å²) in [7, 11) is 0. The third-order valence-corrected chi connectivity index (χ3v) is 3.97. The van der Waals surface area contributed by atoms with Crippen LogP contribution < -0.4 is 5.32 Å². The molecule has 0 saturated carbocycles. The van der Waals surface area contributed by atoms with Crippen LogP contribution in [0, 0.1) is 3.70 Å². The van der Waals surface area contributed by atoms with Crippen LogP contribution in [-0.2, 0) is 17.6 Å². The highest BCUT2D eigenvalue weighted by molar-refractivity contribution is 14.1. The van der Waals surface area contributed by atoms with E-state index in [0.717, 1.165) is 31.4 Å². The molecule has 4 heteroatoms. The van der Waals surface area contributed by atoms with Crippen LogP contribution in [0.25, 0.3) is 5.57 Å². The summed E-state index contributed by atoms with van der Waals surface area (Å²) in [5, 5.41) is 2.94. The molecule has 0 radical (unpaired) electrons. The second kappa shape index (κ2) is 3.37. The van der Waals surface area contributed by atoms with Gasteiger partial charge in [0.1, 0.15) is 0 Å². The first-order valence-corrected chi connectivity index (χ1v) is 6.23. The highest BCUT2D eigenvalue weighted by atomic mass is 127. The Kier molecular flexibility index (Phi) is 2.12. The first-order chi connectivity index (χ1) is 7.27. The van der Waals surface area contributed by atoms with E-state index in [1.807, 2.05) is 0 Å². The number of allylic oxidation sites excluding steroid dienone is 1. The van der Waals surface area contributed by atoms with E-state index < -0.39 is 0 Å². The van der Waals surface area contributed by atoms with Crippen molar-refractivity contribution in [3.63, 3.8) is 0 Å². The summed E-state index contributed by atoms with van der Waals surface area (Å²) in [6, 6.07) is 0. The minimum absolute atomic E-state index is 0.0881. The molecule has 3 rings (SSSR count). The van der Waals surface area contributed by atoms with E-state index in [9.17, 15) is 4.79 Å². The Labute approximate surface area is 101 Å². The molecule has 3 nitrogen and oxygen atoms in total. The number of rotatable bonds is 0. The summed E-state index contributed by atoms with van der Waals surface area (Å²) in [5.74, 6) is 0.0881. The molecule has 0 atom stereocenters. The van der Waals surface area contributed by atoms with Crippen LogP contribution in [0.3, 0.4) is 0 Å². The second-order valence-corrected chi connectivity index (χ2v) is 5.01. The highest BCUT2D eigenvalue weighted by Gasteiger charge is 2.27. The topological polar surface area (TPSA) is 44.9 Å². The second-order valence-electron chi connectivity index (χ2n) is 3.93. The maximum atomic E-state index is 11.8. The fraction of sp³-hybridized carbons (Fsp3) is 0.364.